The molecular weight excluding hydrogens is 302 g/mol. The molecule has 24 heavy (non-hydrogen) atoms. The third-order valence-electron chi connectivity index (χ3n) is 3.75. The number of anilines is 1. The summed E-state index contributed by atoms with van der Waals surface area (Å²) < 4.78 is 1.92. The number of aromatic nitrogens is 4. The molecule has 0 unspecified atom stereocenters. The van der Waals surface area contributed by atoms with Gasteiger partial charge in [-0.25, -0.2) is 0 Å². The monoisotopic (exact) mass is 323 g/mol. The van der Waals surface area contributed by atoms with Gasteiger partial charge in [0.15, 0.2) is 5.82 Å². The van der Waals surface area contributed by atoms with Crippen LogP contribution in [0.3, 0.4) is 0 Å². The zero-order valence-corrected chi connectivity index (χ0v) is 13.8. The van der Waals surface area contributed by atoms with Crippen molar-refractivity contribution in [2.24, 2.45) is 5.92 Å². The van der Waals surface area contributed by atoms with Gasteiger partial charge in [0.1, 0.15) is 6.04 Å². The number of carbonyl (C=O) groups excluding carboxylic acids is 1. The van der Waals surface area contributed by atoms with Crippen LogP contribution < -0.4 is 5.32 Å². The van der Waals surface area contributed by atoms with E-state index < -0.39 is 0 Å². The lowest BCUT2D eigenvalue weighted by Crippen LogP contribution is -2.27. The Morgan fingerprint density at radius 2 is 1.88 bits per heavy atom. The van der Waals surface area contributed by atoms with Crippen LogP contribution in [-0.2, 0) is 4.79 Å². The molecule has 0 aliphatic carbocycles. The predicted molar refractivity (Wildman–Crippen MR) is 93.4 cm³/mol. The standard InChI is InChI=1S/C18H21N5O/c1-13(2)12-15(23-10-6-7-11-23)17(24)20-18-19-16(21-22-18)14-8-4-3-5-9-14/h3-11,13,15H,12H2,1-2H3,(H2,19,20,21,22,24)/t15-/m1/s1. The molecule has 0 fully saturated rings. The van der Waals surface area contributed by atoms with Gasteiger partial charge in [0.05, 0.1) is 0 Å². The second-order valence-electron chi connectivity index (χ2n) is 6.14. The largest absolute Gasteiger partial charge is 0.342 e. The van der Waals surface area contributed by atoms with Crippen molar-refractivity contribution in [1.82, 2.24) is 19.7 Å². The molecule has 2 N–H and O–H groups in total. The van der Waals surface area contributed by atoms with E-state index in [1.807, 2.05) is 59.4 Å². The molecule has 3 aromatic rings. The van der Waals surface area contributed by atoms with Gasteiger partial charge in [-0.3, -0.25) is 15.2 Å². The zero-order valence-electron chi connectivity index (χ0n) is 13.8. The number of hydrogen-bond donors (Lipinski definition) is 2. The molecule has 0 radical (unpaired) electrons. The Bertz CT molecular complexity index is 777. The molecule has 0 saturated heterocycles. The number of carbonyl (C=O) groups is 1. The maximum absolute atomic E-state index is 12.7. The summed E-state index contributed by atoms with van der Waals surface area (Å²) in [5, 5.41) is 9.77. The summed E-state index contributed by atoms with van der Waals surface area (Å²) in [6, 6.07) is 13.2. The number of benzene rings is 1. The molecule has 0 aliphatic heterocycles. The van der Waals surface area contributed by atoms with Crippen molar-refractivity contribution in [2.75, 3.05) is 5.32 Å². The second kappa shape index (κ2) is 7.12. The first-order chi connectivity index (χ1) is 11.6. The average molecular weight is 323 g/mol. The molecule has 2 heterocycles. The Balaban J connectivity index is 1.74. The first kappa shape index (κ1) is 16.0. The highest BCUT2D eigenvalue weighted by atomic mass is 16.2. The van der Waals surface area contributed by atoms with Crippen LogP contribution in [0, 0.1) is 5.92 Å². The van der Waals surface area contributed by atoms with Crippen molar-refractivity contribution in [2.45, 2.75) is 26.3 Å². The molecular formula is C18H21N5O. The van der Waals surface area contributed by atoms with E-state index in [4.69, 9.17) is 0 Å². The van der Waals surface area contributed by atoms with Gasteiger partial charge in [0.2, 0.25) is 11.9 Å². The summed E-state index contributed by atoms with van der Waals surface area (Å²) in [5.74, 6) is 1.21. The summed E-state index contributed by atoms with van der Waals surface area (Å²) >= 11 is 0. The molecule has 6 heteroatoms. The minimum atomic E-state index is -0.279. The van der Waals surface area contributed by atoms with E-state index >= 15 is 0 Å². The zero-order chi connectivity index (χ0) is 16.9. The van der Waals surface area contributed by atoms with Gasteiger partial charge in [-0.15, -0.1) is 5.10 Å². The van der Waals surface area contributed by atoms with Crippen LogP contribution in [0.2, 0.25) is 0 Å². The third kappa shape index (κ3) is 3.71. The summed E-state index contributed by atoms with van der Waals surface area (Å²) in [4.78, 5) is 17.0. The average Bonchev–Trinajstić information content (AvgIpc) is 3.25. The predicted octanol–water partition coefficient (Wildman–Crippen LogP) is 3.50. The molecule has 6 nitrogen and oxygen atoms in total. The number of nitrogens with zero attached hydrogens (tertiary/aromatic N) is 3. The summed E-state index contributed by atoms with van der Waals surface area (Å²) in [6.45, 7) is 4.20. The highest BCUT2D eigenvalue weighted by Gasteiger charge is 2.22. The molecule has 3 rings (SSSR count). The Labute approximate surface area is 140 Å². The topological polar surface area (TPSA) is 75.6 Å². The van der Waals surface area contributed by atoms with Crippen LogP contribution in [-0.4, -0.2) is 25.7 Å². The number of amides is 1. The van der Waals surface area contributed by atoms with E-state index in [0.717, 1.165) is 12.0 Å². The smallest absolute Gasteiger partial charge is 0.249 e. The van der Waals surface area contributed by atoms with Crippen molar-refractivity contribution in [3.8, 4) is 11.4 Å². The van der Waals surface area contributed by atoms with Crippen molar-refractivity contribution >= 4 is 11.9 Å². The first-order valence-corrected chi connectivity index (χ1v) is 8.04. The minimum Gasteiger partial charge on any atom is -0.342 e. The van der Waals surface area contributed by atoms with Gasteiger partial charge < -0.3 is 4.57 Å². The first-order valence-electron chi connectivity index (χ1n) is 8.04. The van der Waals surface area contributed by atoms with Crippen molar-refractivity contribution in [3.63, 3.8) is 0 Å². The lowest BCUT2D eigenvalue weighted by Gasteiger charge is -2.19. The Kier molecular flexibility index (Phi) is 4.74. The van der Waals surface area contributed by atoms with Gasteiger partial charge in [-0.2, -0.15) is 4.98 Å². The van der Waals surface area contributed by atoms with Gasteiger partial charge >= 0.3 is 0 Å². The Morgan fingerprint density at radius 3 is 2.54 bits per heavy atom. The van der Waals surface area contributed by atoms with Crippen LogP contribution in [0.15, 0.2) is 54.9 Å². The summed E-state index contributed by atoms with van der Waals surface area (Å²) in [7, 11) is 0. The molecule has 1 atom stereocenters. The number of hydrogen-bond acceptors (Lipinski definition) is 3. The minimum absolute atomic E-state index is 0.112. The van der Waals surface area contributed by atoms with Gasteiger partial charge in [0.25, 0.3) is 0 Å². The van der Waals surface area contributed by atoms with Crippen LogP contribution >= 0.6 is 0 Å². The lowest BCUT2D eigenvalue weighted by molar-refractivity contribution is -0.119. The Hall–Kier alpha value is -2.89. The van der Waals surface area contributed by atoms with E-state index in [2.05, 4.69) is 34.3 Å². The Morgan fingerprint density at radius 1 is 1.17 bits per heavy atom. The fourth-order valence-corrected chi connectivity index (χ4v) is 2.60. The summed E-state index contributed by atoms with van der Waals surface area (Å²) in [5.41, 5.74) is 0.926. The molecule has 0 spiro atoms. The van der Waals surface area contributed by atoms with Crippen LogP contribution in [0.1, 0.15) is 26.3 Å². The molecule has 1 aromatic carbocycles. The number of H-pyrrole nitrogens is 1. The van der Waals surface area contributed by atoms with Crippen LogP contribution in [0.5, 0.6) is 0 Å². The maximum atomic E-state index is 12.7. The van der Waals surface area contributed by atoms with Crippen LogP contribution in [0.25, 0.3) is 11.4 Å². The molecule has 2 aromatic heterocycles. The molecule has 0 aliphatic rings. The third-order valence-corrected chi connectivity index (χ3v) is 3.75. The van der Waals surface area contributed by atoms with E-state index in [-0.39, 0.29) is 11.9 Å². The van der Waals surface area contributed by atoms with Crippen molar-refractivity contribution in [1.29, 1.82) is 0 Å². The fourth-order valence-electron chi connectivity index (χ4n) is 2.60. The fraction of sp³-hybridized carbons (Fsp3) is 0.278. The summed E-state index contributed by atoms with van der Waals surface area (Å²) in [6.07, 6.45) is 4.55. The van der Waals surface area contributed by atoms with E-state index in [1.165, 1.54) is 0 Å². The number of rotatable bonds is 6. The molecule has 1 amide bonds. The van der Waals surface area contributed by atoms with Gasteiger partial charge in [0, 0.05) is 18.0 Å². The van der Waals surface area contributed by atoms with Crippen molar-refractivity contribution < 1.29 is 4.79 Å². The maximum Gasteiger partial charge on any atom is 0.249 e. The van der Waals surface area contributed by atoms with Gasteiger partial charge in [-0.1, -0.05) is 44.2 Å². The molecule has 124 valence electrons. The van der Waals surface area contributed by atoms with E-state index in [1.54, 1.807) is 0 Å². The number of aromatic amines is 1. The van der Waals surface area contributed by atoms with Crippen molar-refractivity contribution in [3.05, 3.63) is 54.9 Å². The van der Waals surface area contributed by atoms with E-state index in [0.29, 0.717) is 17.7 Å². The SMILES string of the molecule is CC(C)C[C@H](C(=O)Nc1n[nH]c(-c2ccccc2)n1)n1cccc1. The highest BCUT2D eigenvalue weighted by Crippen LogP contribution is 2.20. The molecule has 0 saturated carbocycles. The quantitative estimate of drug-likeness (QED) is 0.729. The second-order valence-corrected chi connectivity index (χ2v) is 6.14. The van der Waals surface area contributed by atoms with E-state index in [9.17, 15) is 4.79 Å². The lowest BCUT2D eigenvalue weighted by atomic mass is 10.0. The molecule has 0 bridgehead atoms. The van der Waals surface area contributed by atoms with Crippen LogP contribution in [0.4, 0.5) is 5.95 Å². The number of nitrogens with one attached hydrogen (secondary N) is 2. The normalized spacial score (nSPS) is 12.3. The van der Waals surface area contributed by atoms with Gasteiger partial charge in [-0.05, 0) is 24.5 Å². The highest BCUT2D eigenvalue weighted by molar-refractivity contribution is 5.92.